The lowest BCUT2D eigenvalue weighted by Gasteiger charge is -2.21. The Morgan fingerprint density at radius 2 is 2.03 bits per heavy atom. The van der Waals surface area contributed by atoms with Gasteiger partial charge in [0, 0.05) is 41.1 Å². The summed E-state index contributed by atoms with van der Waals surface area (Å²) in [6, 6.07) is 12.4. The number of nitrogens with one attached hydrogen (secondary N) is 1. The molecule has 162 valence electrons. The molecular weight excluding hydrogens is 467 g/mol. The summed E-state index contributed by atoms with van der Waals surface area (Å²) >= 11 is 13.8. The first-order valence-corrected chi connectivity index (χ1v) is 13.0. The molecule has 0 aliphatic carbocycles. The van der Waals surface area contributed by atoms with Crippen molar-refractivity contribution in [3.05, 3.63) is 58.1 Å². The lowest BCUT2D eigenvalue weighted by molar-refractivity contribution is -0.127. The van der Waals surface area contributed by atoms with Crippen molar-refractivity contribution < 1.29 is 17.9 Å². The Morgan fingerprint density at radius 1 is 1.27 bits per heavy atom. The molecule has 0 aromatic heterocycles. The molecule has 3 rings (SSSR count). The lowest BCUT2D eigenvalue weighted by atomic mass is 10.2. The van der Waals surface area contributed by atoms with Crippen LogP contribution in [0.5, 0.6) is 5.75 Å². The maximum Gasteiger partial charge on any atom is 0.261 e. The zero-order valence-corrected chi connectivity index (χ0v) is 19.5. The second-order valence-corrected chi connectivity index (χ2v) is 10.6. The number of amides is 1. The van der Waals surface area contributed by atoms with Gasteiger partial charge in [-0.2, -0.15) is 11.8 Å². The van der Waals surface area contributed by atoms with Gasteiger partial charge in [-0.25, -0.2) is 8.42 Å². The van der Waals surface area contributed by atoms with Gasteiger partial charge in [0.2, 0.25) is 10.0 Å². The molecule has 10 heteroatoms. The van der Waals surface area contributed by atoms with E-state index in [-0.39, 0.29) is 18.9 Å². The fourth-order valence-electron chi connectivity index (χ4n) is 3.04. The van der Waals surface area contributed by atoms with E-state index in [0.29, 0.717) is 28.8 Å². The molecule has 1 amide bonds. The average molecular weight is 489 g/mol. The topological polar surface area (TPSA) is 75.7 Å². The number of rotatable bonds is 7. The van der Waals surface area contributed by atoms with Crippen molar-refractivity contribution in [3.63, 3.8) is 0 Å². The zero-order chi connectivity index (χ0) is 21.7. The third-order valence-corrected chi connectivity index (χ3v) is 7.30. The van der Waals surface area contributed by atoms with E-state index in [9.17, 15) is 13.2 Å². The normalized spacial score (nSPS) is 16.4. The first kappa shape index (κ1) is 23.1. The number of ether oxygens (including phenoxy) is 1. The Morgan fingerprint density at radius 3 is 2.77 bits per heavy atom. The van der Waals surface area contributed by atoms with Gasteiger partial charge in [0.25, 0.3) is 5.91 Å². The number of halogens is 2. The van der Waals surface area contributed by atoms with Gasteiger partial charge < -0.3 is 10.1 Å². The van der Waals surface area contributed by atoms with Crippen molar-refractivity contribution in [2.24, 2.45) is 0 Å². The summed E-state index contributed by atoms with van der Waals surface area (Å²) in [5.74, 6) is 1.51. The molecule has 0 radical (unpaired) electrons. The predicted octanol–water partition coefficient (Wildman–Crippen LogP) is 3.96. The number of benzene rings is 2. The van der Waals surface area contributed by atoms with Gasteiger partial charge >= 0.3 is 0 Å². The highest BCUT2D eigenvalue weighted by Gasteiger charge is 2.31. The van der Waals surface area contributed by atoms with Gasteiger partial charge in [0.1, 0.15) is 5.75 Å². The number of carbonyl (C=O) groups is 1. The molecule has 1 aliphatic heterocycles. The van der Waals surface area contributed by atoms with Crippen LogP contribution in [0, 0.1) is 0 Å². The smallest absolute Gasteiger partial charge is 0.261 e. The highest BCUT2D eigenvalue weighted by atomic mass is 35.5. The number of anilines is 1. The number of nitrogens with zero attached hydrogens (tertiary/aromatic N) is 1. The van der Waals surface area contributed by atoms with Gasteiger partial charge in [-0.3, -0.25) is 9.10 Å². The monoisotopic (exact) mass is 488 g/mol. The minimum absolute atomic E-state index is 0.130. The number of hydrogen-bond acceptors (Lipinski definition) is 5. The van der Waals surface area contributed by atoms with Crippen LogP contribution in [0.1, 0.15) is 12.0 Å². The molecule has 6 nitrogen and oxygen atoms in total. The summed E-state index contributed by atoms with van der Waals surface area (Å²) in [5.41, 5.74) is 1.40. The number of thioether (sulfide) groups is 1. The van der Waals surface area contributed by atoms with Crippen LogP contribution in [-0.2, 0) is 20.6 Å². The largest absolute Gasteiger partial charge is 0.478 e. The fraction of sp³-hybridized carbons (Fsp3) is 0.350. The molecule has 2 aromatic rings. The summed E-state index contributed by atoms with van der Waals surface area (Å²) in [6.45, 7) is 0.600. The van der Waals surface area contributed by atoms with Crippen LogP contribution in [-0.4, -0.2) is 45.5 Å². The molecule has 1 aliphatic rings. The van der Waals surface area contributed by atoms with Crippen LogP contribution in [0.3, 0.4) is 0 Å². The molecular formula is C20H22Cl2N2O4S2. The molecule has 30 heavy (non-hydrogen) atoms. The van der Waals surface area contributed by atoms with Crippen LogP contribution >= 0.6 is 35.0 Å². The fourth-order valence-corrected chi connectivity index (χ4v) is 5.29. The molecule has 0 fully saturated rings. The van der Waals surface area contributed by atoms with E-state index in [1.807, 2.05) is 24.3 Å². The van der Waals surface area contributed by atoms with Crippen LogP contribution in [0.4, 0.5) is 5.69 Å². The molecule has 0 bridgehead atoms. The molecule has 1 unspecified atom stereocenters. The van der Waals surface area contributed by atoms with Gasteiger partial charge in [-0.1, -0.05) is 41.4 Å². The number of hydrogen-bond donors (Lipinski definition) is 1. The van der Waals surface area contributed by atoms with Gasteiger partial charge in [0.15, 0.2) is 6.10 Å². The first-order valence-electron chi connectivity index (χ1n) is 9.28. The van der Waals surface area contributed by atoms with E-state index in [1.54, 1.807) is 23.9 Å². The summed E-state index contributed by atoms with van der Waals surface area (Å²) in [6.07, 6.45) is 0.567. The standard InChI is InChI=1S/C20H22Cl2N2O4S2/c1-30(26,27)24-10-8-19(28-18-7-6-15(21)12-17(18)24)20(25)23-9-11-29-13-14-4-2-3-5-16(14)22/h2-7,12,19H,8-11,13H2,1H3,(H,23,25). The maximum atomic E-state index is 12.6. The summed E-state index contributed by atoms with van der Waals surface area (Å²) in [7, 11) is -3.53. The van der Waals surface area contributed by atoms with Gasteiger partial charge in [-0.05, 0) is 29.8 Å². The maximum absolute atomic E-state index is 12.6. The van der Waals surface area contributed by atoms with Gasteiger partial charge in [-0.15, -0.1) is 0 Å². The third-order valence-electron chi connectivity index (χ3n) is 4.51. The Labute approximate surface area is 190 Å². The van der Waals surface area contributed by atoms with Crippen molar-refractivity contribution in [2.75, 3.05) is 29.4 Å². The van der Waals surface area contributed by atoms with Crippen molar-refractivity contribution in [2.45, 2.75) is 18.3 Å². The van der Waals surface area contributed by atoms with Crippen LogP contribution in [0.25, 0.3) is 0 Å². The SMILES string of the molecule is CS(=O)(=O)N1CCC(C(=O)NCCSCc2ccccc2Cl)Oc2ccc(Cl)cc21. The molecule has 0 saturated carbocycles. The quantitative estimate of drug-likeness (QED) is 0.596. The highest BCUT2D eigenvalue weighted by Crippen LogP contribution is 2.36. The van der Waals surface area contributed by atoms with E-state index in [0.717, 1.165) is 22.6 Å². The van der Waals surface area contributed by atoms with Crippen LogP contribution in [0.2, 0.25) is 10.0 Å². The minimum Gasteiger partial charge on any atom is -0.478 e. The van der Waals surface area contributed by atoms with E-state index >= 15 is 0 Å². The summed E-state index contributed by atoms with van der Waals surface area (Å²) in [5, 5.41) is 3.99. The lowest BCUT2D eigenvalue weighted by Crippen LogP contribution is -2.40. The third kappa shape index (κ3) is 5.97. The second kappa shape index (κ2) is 10.1. The number of sulfonamides is 1. The van der Waals surface area contributed by atoms with E-state index < -0.39 is 16.1 Å². The molecule has 1 atom stereocenters. The van der Waals surface area contributed by atoms with E-state index in [2.05, 4.69) is 5.32 Å². The summed E-state index contributed by atoms with van der Waals surface area (Å²) < 4.78 is 31.4. The van der Waals surface area contributed by atoms with E-state index in [1.165, 1.54) is 10.4 Å². The van der Waals surface area contributed by atoms with Crippen molar-refractivity contribution in [1.82, 2.24) is 5.32 Å². The minimum atomic E-state index is -3.53. The predicted molar refractivity (Wildman–Crippen MR) is 123 cm³/mol. The molecule has 0 spiro atoms. The summed E-state index contributed by atoms with van der Waals surface area (Å²) in [4.78, 5) is 12.6. The first-order chi connectivity index (χ1) is 14.3. The van der Waals surface area contributed by atoms with Crippen LogP contribution in [0.15, 0.2) is 42.5 Å². The second-order valence-electron chi connectivity index (χ2n) is 6.78. The number of fused-ring (bicyclic) bond motifs is 1. The highest BCUT2D eigenvalue weighted by molar-refractivity contribution is 7.98. The average Bonchev–Trinajstić information content (AvgIpc) is 2.88. The molecule has 0 saturated heterocycles. The Bertz CT molecular complexity index is 1020. The molecule has 1 N–H and O–H groups in total. The Hall–Kier alpha value is -1.61. The Balaban J connectivity index is 1.56. The van der Waals surface area contributed by atoms with Crippen molar-refractivity contribution >= 4 is 56.6 Å². The molecule has 1 heterocycles. The van der Waals surface area contributed by atoms with Gasteiger partial charge in [0.05, 0.1) is 11.9 Å². The van der Waals surface area contributed by atoms with Crippen molar-refractivity contribution in [1.29, 1.82) is 0 Å². The number of carbonyl (C=O) groups excluding carboxylic acids is 1. The molecule has 2 aromatic carbocycles. The Kier molecular flexibility index (Phi) is 7.79. The van der Waals surface area contributed by atoms with Crippen LogP contribution < -0.4 is 14.4 Å². The zero-order valence-electron chi connectivity index (χ0n) is 16.3. The van der Waals surface area contributed by atoms with Crippen molar-refractivity contribution in [3.8, 4) is 5.75 Å². The van der Waals surface area contributed by atoms with E-state index in [4.69, 9.17) is 27.9 Å².